The Bertz CT molecular complexity index is 917. The molecule has 8 nitrogen and oxygen atoms in total. The van der Waals surface area contributed by atoms with Crippen molar-refractivity contribution in [2.45, 2.75) is 38.3 Å². The van der Waals surface area contributed by atoms with Gasteiger partial charge >= 0.3 is 0 Å². The number of primary amides is 1. The number of benzene rings is 2. The first kappa shape index (κ1) is 23.1. The van der Waals surface area contributed by atoms with E-state index in [0.717, 1.165) is 11.3 Å². The van der Waals surface area contributed by atoms with Gasteiger partial charge in [-0.15, -0.1) is 0 Å². The van der Waals surface area contributed by atoms with Crippen LogP contribution < -0.4 is 20.5 Å². The van der Waals surface area contributed by atoms with Gasteiger partial charge in [0.15, 0.2) is 0 Å². The molecule has 2 atom stereocenters. The van der Waals surface area contributed by atoms with Crippen molar-refractivity contribution in [3.63, 3.8) is 0 Å². The molecule has 170 valence electrons. The average Bonchev–Trinajstić information content (AvgIpc) is 3.22. The van der Waals surface area contributed by atoms with Gasteiger partial charge in [-0.25, -0.2) is 0 Å². The Morgan fingerprint density at radius 1 is 1.06 bits per heavy atom. The summed E-state index contributed by atoms with van der Waals surface area (Å²) < 4.78 is 11.5. The zero-order chi connectivity index (χ0) is 22.9. The number of rotatable bonds is 10. The van der Waals surface area contributed by atoms with E-state index in [1.165, 1.54) is 4.90 Å². The molecule has 1 heterocycles. The highest BCUT2D eigenvalue weighted by molar-refractivity contribution is 5.90. The Morgan fingerprint density at radius 2 is 1.78 bits per heavy atom. The average molecular weight is 440 g/mol. The Balaban J connectivity index is 1.42. The van der Waals surface area contributed by atoms with Crippen molar-refractivity contribution in [3.8, 4) is 11.5 Å². The van der Waals surface area contributed by atoms with Gasteiger partial charge in [-0.05, 0) is 37.6 Å². The minimum Gasteiger partial charge on any atom is -0.494 e. The summed E-state index contributed by atoms with van der Waals surface area (Å²) in [5.41, 5.74) is 6.61. The molecule has 1 aliphatic rings. The van der Waals surface area contributed by atoms with Crippen LogP contribution in [0.5, 0.6) is 11.5 Å². The van der Waals surface area contributed by atoms with Crippen molar-refractivity contribution >= 4 is 17.7 Å². The minimum atomic E-state index is -0.755. The number of ether oxygens (including phenoxy) is 2. The number of hydrogen-bond acceptors (Lipinski definition) is 5. The third-order valence-corrected chi connectivity index (χ3v) is 5.23. The number of likely N-dealkylation sites (tertiary alicyclic amines) is 1. The first-order valence-corrected chi connectivity index (χ1v) is 10.7. The summed E-state index contributed by atoms with van der Waals surface area (Å²) in [4.78, 5) is 38.0. The van der Waals surface area contributed by atoms with Crippen LogP contribution in [0.4, 0.5) is 0 Å². The number of aryl methyl sites for hydroxylation is 1. The molecule has 0 aliphatic carbocycles. The normalized spacial score (nSPS) is 17.6. The first-order valence-electron chi connectivity index (χ1n) is 10.7. The van der Waals surface area contributed by atoms with E-state index in [1.807, 2.05) is 61.5 Å². The van der Waals surface area contributed by atoms with Gasteiger partial charge in [-0.2, -0.15) is 0 Å². The molecular formula is C24H29N3O5. The van der Waals surface area contributed by atoms with Crippen LogP contribution in [0.2, 0.25) is 0 Å². The number of para-hydroxylation sites is 1. The van der Waals surface area contributed by atoms with Crippen molar-refractivity contribution in [2.24, 2.45) is 5.73 Å². The summed E-state index contributed by atoms with van der Waals surface area (Å²) >= 11 is 0. The molecule has 3 N–H and O–H groups in total. The molecule has 32 heavy (non-hydrogen) atoms. The van der Waals surface area contributed by atoms with E-state index in [-0.39, 0.29) is 37.4 Å². The highest BCUT2D eigenvalue weighted by Gasteiger charge is 2.39. The van der Waals surface area contributed by atoms with Crippen molar-refractivity contribution < 1.29 is 23.9 Å². The van der Waals surface area contributed by atoms with E-state index >= 15 is 0 Å². The molecule has 1 fully saturated rings. The number of nitrogens with zero attached hydrogens (tertiary/aromatic N) is 1. The SMILES string of the molecule is Cc1ccc(OC2CC(C(N)=O)N(C(=O)CNC(=O)CCCOc3ccccc3)C2)cc1. The van der Waals surface area contributed by atoms with Gasteiger partial charge in [0.2, 0.25) is 17.7 Å². The molecule has 2 unspecified atom stereocenters. The molecule has 2 aromatic carbocycles. The minimum absolute atomic E-state index is 0.195. The summed E-state index contributed by atoms with van der Waals surface area (Å²) in [7, 11) is 0. The van der Waals surface area contributed by atoms with Crippen LogP contribution in [0.15, 0.2) is 54.6 Å². The fourth-order valence-corrected chi connectivity index (χ4v) is 3.54. The highest BCUT2D eigenvalue weighted by Crippen LogP contribution is 2.23. The molecule has 3 amide bonds. The van der Waals surface area contributed by atoms with Crippen LogP contribution in [0.3, 0.4) is 0 Å². The number of nitrogens with one attached hydrogen (secondary N) is 1. The van der Waals surface area contributed by atoms with E-state index in [4.69, 9.17) is 15.2 Å². The van der Waals surface area contributed by atoms with Crippen LogP contribution in [0, 0.1) is 6.92 Å². The lowest BCUT2D eigenvalue weighted by Crippen LogP contribution is -2.47. The summed E-state index contributed by atoms with van der Waals surface area (Å²) in [6.07, 6.45) is 0.734. The second kappa shape index (κ2) is 11.2. The number of carbonyl (C=O) groups excluding carboxylic acids is 3. The molecule has 0 radical (unpaired) electrons. The number of hydrogen-bond donors (Lipinski definition) is 2. The van der Waals surface area contributed by atoms with E-state index in [2.05, 4.69) is 5.32 Å². The maximum atomic E-state index is 12.6. The van der Waals surface area contributed by atoms with Gasteiger partial charge in [0, 0.05) is 12.8 Å². The van der Waals surface area contributed by atoms with E-state index < -0.39 is 11.9 Å². The maximum absolute atomic E-state index is 12.6. The molecule has 3 rings (SSSR count). The standard InChI is InChI=1S/C24H29N3O5/c1-17-9-11-19(12-10-17)32-20-14-21(24(25)30)27(16-20)23(29)15-26-22(28)8-5-13-31-18-6-3-2-4-7-18/h2-4,6-7,9-12,20-21H,5,8,13-16H2,1H3,(H2,25,30)(H,26,28). The lowest BCUT2D eigenvalue weighted by Gasteiger charge is -2.22. The van der Waals surface area contributed by atoms with Gasteiger partial charge in [0.25, 0.3) is 0 Å². The van der Waals surface area contributed by atoms with Gasteiger partial charge in [-0.1, -0.05) is 35.9 Å². The predicted molar refractivity (Wildman–Crippen MR) is 119 cm³/mol. The summed E-state index contributed by atoms with van der Waals surface area (Å²) in [6.45, 7) is 2.42. The van der Waals surface area contributed by atoms with Crippen molar-refractivity contribution in [3.05, 3.63) is 60.2 Å². The Kier molecular flexibility index (Phi) is 8.08. The molecule has 0 spiro atoms. The van der Waals surface area contributed by atoms with Crippen molar-refractivity contribution in [1.29, 1.82) is 0 Å². The molecule has 2 aromatic rings. The second-order valence-corrected chi connectivity index (χ2v) is 7.79. The molecule has 1 saturated heterocycles. The van der Waals surface area contributed by atoms with E-state index in [0.29, 0.717) is 25.2 Å². The first-order chi connectivity index (χ1) is 15.4. The van der Waals surface area contributed by atoms with Crippen LogP contribution in [-0.2, 0) is 14.4 Å². The molecule has 8 heteroatoms. The van der Waals surface area contributed by atoms with Gasteiger partial charge < -0.3 is 25.4 Å². The van der Waals surface area contributed by atoms with Gasteiger partial charge in [0.1, 0.15) is 23.6 Å². The fourth-order valence-electron chi connectivity index (χ4n) is 3.54. The molecular weight excluding hydrogens is 410 g/mol. The lowest BCUT2D eigenvalue weighted by atomic mass is 10.2. The van der Waals surface area contributed by atoms with Crippen LogP contribution >= 0.6 is 0 Å². The van der Waals surface area contributed by atoms with Crippen molar-refractivity contribution in [2.75, 3.05) is 19.7 Å². The van der Waals surface area contributed by atoms with E-state index in [9.17, 15) is 14.4 Å². The number of nitrogens with two attached hydrogens (primary N) is 1. The van der Waals surface area contributed by atoms with Crippen molar-refractivity contribution in [1.82, 2.24) is 10.2 Å². The third-order valence-electron chi connectivity index (χ3n) is 5.23. The Morgan fingerprint density at radius 3 is 2.47 bits per heavy atom. The zero-order valence-electron chi connectivity index (χ0n) is 18.2. The Labute approximate surface area is 187 Å². The highest BCUT2D eigenvalue weighted by atomic mass is 16.5. The molecule has 0 aromatic heterocycles. The molecule has 0 saturated carbocycles. The molecule has 0 bridgehead atoms. The zero-order valence-corrected chi connectivity index (χ0v) is 18.2. The topological polar surface area (TPSA) is 111 Å². The smallest absolute Gasteiger partial charge is 0.242 e. The summed E-state index contributed by atoms with van der Waals surface area (Å²) in [6, 6.07) is 16.1. The molecule has 1 aliphatic heterocycles. The van der Waals surface area contributed by atoms with Crippen LogP contribution in [0.25, 0.3) is 0 Å². The largest absolute Gasteiger partial charge is 0.494 e. The number of amides is 3. The van der Waals surface area contributed by atoms with Gasteiger partial charge in [-0.3, -0.25) is 14.4 Å². The summed E-state index contributed by atoms with van der Waals surface area (Å²) in [5, 5.41) is 2.61. The Hall–Kier alpha value is -3.55. The number of carbonyl (C=O) groups is 3. The quantitative estimate of drug-likeness (QED) is 0.549. The lowest BCUT2D eigenvalue weighted by molar-refractivity contribution is -0.137. The van der Waals surface area contributed by atoms with E-state index in [1.54, 1.807) is 0 Å². The van der Waals surface area contributed by atoms with Crippen LogP contribution in [0.1, 0.15) is 24.8 Å². The maximum Gasteiger partial charge on any atom is 0.242 e. The fraction of sp³-hybridized carbons (Fsp3) is 0.375. The summed E-state index contributed by atoms with van der Waals surface area (Å²) in [5.74, 6) is 0.217. The van der Waals surface area contributed by atoms with Crippen LogP contribution in [-0.4, -0.2) is 54.5 Å². The van der Waals surface area contributed by atoms with Gasteiger partial charge in [0.05, 0.1) is 19.7 Å². The third kappa shape index (κ3) is 6.73. The predicted octanol–water partition coefficient (Wildman–Crippen LogP) is 1.80. The monoisotopic (exact) mass is 439 g/mol. The second-order valence-electron chi connectivity index (χ2n) is 7.79.